The van der Waals surface area contributed by atoms with Gasteiger partial charge in [0.2, 0.25) is 5.91 Å². The van der Waals surface area contributed by atoms with Gasteiger partial charge in [-0.3, -0.25) is 19.0 Å². The van der Waals surface area contributed by atoms with Crippen molar-refractivity contribution in [2.45, 2.75) is 33.7 Å². The van der Waals surface area contributed by atoms with E-state index in [4.69, 9.17) is 4.74 Å². The van der Waals surface area contributed by atoms with Gasteiger partial charge in [-0.2, -0.15) is 0 Å². The van der Waals surface area contributed by atoms with E-state index in [0.29, 0.717) is 37.8 Å². The molecule has 2 amide bonds. The van der Waals surface area contributed by atoms with Crippen molar-refractivity contribution < 1.29 is 14.3 Å². The Kier molecular flexibility index (Phi) is 6.70. The fraction of sp³-hybridized carbons (Fsp3) is 0.231. The lowest BCUT2D eigenvalue weighted by molar-refractivity contribution is -0.118. The van der Waals surface area contributed by atoms with E-state index in [1.54, 1.807) is 45.2 Å². The minimum Gasteiger partial charge on any atom is -0.497 e. The van der Waals surface area contributed by atoms with Crippen molar-refractivity contribution in [2.24, 2.45) is 0 Å². The molecule has 0 fully saturated rings. The van der Waals surface area contributed by atoms with Crippen LogP contribution in [0.15, 0.2) is 53.6 Å². The van der Waals surface area contributed by atoms with Crippen LogP contribution >= 0.6 is 11.3 Å². The van der Waals surface area contributed by atoms with Gasteiger partial charge < -0.3 is 15.4 Å². The van der Waals surface area contributed by atoms with E-state index >= 15 is 0 Å². The van der Waals surface area contributed by atoms with Gasteiger partial charge in [0.05, 0.1) is 23.7 Å². The van der Waals surface area contributed by atoms with Crippen LogP contribution in [0.3, 0.4) is 0 Å². The summed E-state index contributed by atoms with van der Waals surface area (Å²) in [6.07, 6.45) is 1.35. The maximum atomic E-state index is 13.3. The summed E-state index contributed by atoms with van der Waals surface area (Å²) in [6, 6.07) is 11.9. The number of hydrogen-bond donors (Lipinski definition) is 2. The molecule has 2 N–H and O–H groups in total. The summed E-state index contributed by atoms with van der Waals surface area (Å²) >= 11 is 1.16. The third-order valence-corrected chi connectivity index (χ3v) is 7.07. The van der Waals surface area contributed by atoms with Crippen molar-refractivity contribution in [1.82, 2.24) is 9.55 Å². The highest BCUT2D eigenvalue weighted by Gasteiger charge is 2.23. The maximum Gasteiger partial charge on any atom is 0.266 e. The molecule has 0 aliphatic heterocycles. The fourth-order valence-corrected chi connectivity index (χ4v) is 4.84. The minimum atomic E-state index is -0.812. The molecule has 2 heterocycles. The second kappa shape index (κ2) is 9.71. The van der Waals surface area contributed by atoms with Crippen molar-refractivity contribution in [2.75, 3.05) is 17.7 Å². The highest BCUT2D eigenvalue weighted by atomic mass is 32.1. The van der Waals surface area contributed by atoms with E-state index in [0.717, 1.165) is 22.5 Å². The number of ether oxygens (including phenoxy) is 1. The average molecular weight is 491 g/mol. The number of carbonyl (C=O) groups is 2. The highest BCUT2D eigenvalue weighted by molar-refractivity contribution is 7.20. The monoisotopic (exact) mass is 490 g/mol. The van der Waals surface area contributed by atoms with Crippen molar-refractivity contribution in [3.63, 3.8) is 0 Å². The summed E-state index contributed by atoms with van der Waals surface area (Å²) in [5.41, 5.74) is 3.53. The van der Waals surface area contributed by atoms with E-state index in [9.17, 15) is 14.4 Å². The quantitative estimate of drug-likeness (QED) is 0.403. The zero-order chi connectivity index (χ0) is 25.3. The van der Waals surface area contributed by atoms with Gasteiger partial charge >= 0.3 is 0 Å². The fourth-order valence-electron chi connectivity index (χ4n) is 3.81. The normalized spacial score (nSPS) is 11.8. The standard InChI is InChI=1S/C26H26N4O4S/c1-14-6-11-20(15(2)12-14)29-24(32)22-16(3)21-25(35-22)27-13-30(26(21)33)17(4)23(31)28-18-7-9-19(34-5)10-8-18/h6-13,17H,1-5H3,(H,28,31)(H,29,32). The number of methoxy groups -OCH3 is 1. The van der Waals surface area contributed by atoms with Crippen LogP contribution in [-0.4, -0.2) is 28.5 Å². The van der Waals surface area contributed by atoms with Gasteiger partial charge in [-0.15, -0.1) is 11.3 Å². The molecular weight excluding hydrogens is 464 g/mol. The third kappa shape index (κ3) is 4.81. The number of aryl methyl sites for hydroxylation is 3. The van der Waals surface area contributed by atoms with Crippen molar-refractivity contribution in [1.29, 1.82) is 0 Å². The van der Waals surface area contributed by atoms with Gasteiger partial charge in [-0.1, -0.05) is 17.7 Å². The van der Waals surface area contributed by atoms with E-state index in [-0.39, 0.29) is 17.4 Å². The molecule has 0 saturated heterocycles. The maximum absolute atomic E-state index is 13.3. The molecule has 0 saturated carbocycles. The zero-order valence-corrected chi connectivity index (χ0v) is 20.9. The van der Waals surface area contributed by atoms with Crippen LogP contribution < -0.4 is 20.9 Å². The first-order valence-corrected chi connectivity index (χ1v) is 11.8. The Labute approximate surface area is 206 Å². The number of amides is 2. The predicted octanol–water partition coefficient (Wildman–Crippen LogP) is 4.84. The summed E-state index contributed by atoms with van der Waals surface area (Å²) in [4.78, 5) is 44.4. The Hall–Kier alpha value is -3.98. The van der Waals surface area contributed by atoms with Crippen LogP contribution in [0.1, 0.15) is 39.3 Å². The molecule has 2 aromatic heterocycles. The molecule has 0 spiro atoms. The topological polar surface area (TPSA) is 102 Å². The van der Waals surface area contributed by atoms with E-state index in [2.05, 4.69) is 15.6 Å². The van der Waals surface area contributed by atoms with Crippen LogP contribution in [0, 0.1) is 20.8 Å². The first-order valence-electron chi connectivity index (χ1n) is 11.0. The molecule has 180 valence electrons. The molecule has 0 bridgehead atoms. The Balaban J connectivity index is 1.60. The van der Waals surface area contributed by atoms with Gasteiger partial charge in [-0.25, -0.2) is 4.98 Å². The lowest BCUT2D eigenvalue weighted by Crippen LogP contribution is -2.31. The molecule has 0 aliphatic rings. The van der Waals surface area contributed by atoms with Crippen LogP contribution in [-0.2, 0) is 4.79 Å². The number of nitrogens with one attached hydrogen (secondary N) is 2. The summed E-state index contributed by atoms with van der Waals surface area (Å²) in [5.74, 6) is 0.0139. The van der Waals surface area contributed by atoms with Crippen molar-refractivity contribution >= 4 is 44.7 Å². The van der Waals surface area contributed by atoms with Crippen molar-refractivity contribution in [3.05, 3.63) is 80.7 Å². The average Bonchev–Trinajstić information content (AvgIpc) is 3.18. The van der Waals surface area contributed by atoms with Gasteiger partial charge in [0.15, 0.2) is 0 Å². The van der Waals surface area contributed by atoms with Gasteiger partial charge in [-0.05, 0) is 69.2 Å². The lowest BCUT2D eigenvalue weighted by Gasteiger charge is -2.15. The second-order valence-electron chi connectivity index (χ2n) is 8.36. The molecule has 1 unspecified atom stereocenters. The number of carbonyl (C=O) groups excluding carboxylic acids is 2. The Morgan fingerprint density at radius 2 is 1.77 bits per heavy atom. The number of rotatable bonds is 6. The third-order valence-electron chi connectivity index (χ3n) is 5.87. The van der Waals surface area contributed by atoms with Crippen LogP contribution in [0.2, 0.25) is 0 Å². The molecule has 1 atom stereocenters. The Morgan fingerprint density at radius 3 is 2.43 bits per heavy atom. The smallest absolute Gasteiger partial charge is 0.266 e. The summed E-state index contributed by atoms with van der Waals surface area (Å²) in [6.45, 7) is 7.28. The molecule has 4 aromatic rings. The first kappa shape index (κ1) is 24.2. The van der Waals surface area contributed by atoms with E-state index < -0.39 is 6.04 Å². The largest absolute Gasteiger partial charge is 0.497 e. The molecule has 4 rings (SSSR count). The summed E-state index contributed by atoms with van der Waals surface area (Å²) in [7, 11) is 1.57. The first-order chi connectivity index (χ1) is 16.7. The Morgan fingerprint density at radius 1 is 1.06 bits per heavy atom. The van der Waals surface area contributed by atoms with Gasteiger partial charge in [0, 0.05) is 11.4 Å². The second-order valence-corrected chi connectivity index (χ2v) is 9.36. The number of nitrogens with zero attached hydrogens (tertiary/aromatic N) is 2. The Bertz CT molecular complexity index is 1490. The van der Waals surface area contributed by atoms with Gasteiger partial charge in [0.25, 0.3) is 11.5 Å². The summed E-state index contributed by atoms with van der Waals surface area (Å²) < 4.78 is 6.41. The molecule has 35 heavy (non-hydrogen) atoms. The van der Waals surface area contributed by atoms with E-state index in [1.165, 1.54) is 10.9 Å². The van der Waals surface area contributed by atoms with Crippen molar-refractivity contribution in [3.8, 4) is 5.75 Å². The number of aromatic nitrogens is 2. The number of fused-ring (bicyclic) bond motifs is 1. The zero-order valence-electron chi connectivity index (χ0n) is 20.1. The number of hydrogen-bond acceptors (Lipinski definition) is 6. The predicted molar refractivity (Wildman–Crippen MR) is 139 cm³/mol. The van der Waals surface area contributed by atoms with Crippen LogP contribution in [0.4, 0.5) is 11.4 Å². The SMILES string of the molecule is COc1ccc(NC(=O)C(C)n2cnc3sc(C(=O)Nc4ccc(C)cc4C)c(C)c3c2=O)cc1. The number of benzene rings is 2. The minimum absolute atomic E-state index is 0.297. The van der Waals surface area contributed by atoms with Crippen LogP contribution in [0.25, 0.3) is 10.2 Å². The molecule has 8 nitrogen and oxygen atoms in total. The number of anilines is 2. The molecule has 9 heteroatoms. The van der Waals surface area contributed by atoms with Crippen LogP contribution in [0.5, 0.6) is 5.75 Å². The molecular formula is C26H26N4O4S. The molecule has 0 aliphatic carbocycles. The van der Waals surface area contributed by atoms with Gasteiger partial charge in [0.1, 0.15) is 16.6 Å². The lowest BCUT2D eigenvalue weighted by atomic mass is 10.1. The number of thiophene rings is 1. The summed E-state index contributed by atoms with van der Waals surface area (Å²) in [5, 5.41) is 6.07. The van der Waals surface area contributed by atoms with E-state index in [1.807, 2.05) is 32.0 Å². The highest BCUT2D eigenvalue weighted by Crippen LogP contribution is 2.29. The molecule has 2 aromatic carbocycles. The molecule has 0 radical (unpaired) electrons.